The van der Waals surface area contributed by atoms with Gasteiger partial charge in [0.2, 0.25) is 5.91 Å². The van der Waals surface area contributed by atoms with E-state index in [4.69, 9.17) is 21.3 Å². The van der Waals surface area contributed by atoms with Crippen molar-refractivity contribution in [2.24, 2.45) is 0 Å². The van der Waals surface area contributed by atoms with Gasteiger partial charge in [0.25, 0.3) is 5.91 Å². The molecule has 0 aliphatic carbocycles. The lowest BCUT2D eigenvalue weighted by molar-refractivity contribution is -0.141. The molecule has 0 radical (unpaired) electrons. The standard InChI is InChI=1S/C28H29ClFN3O3/c29-22-6-1-5-20(16-22)27-21(15-19-9-10-23(30)17-24(19)31-27)18-33(28(35)25-7-3-14-36-25)13-4-12-32-11-2-8-26(32)34/h1,5-6,9-10,15-17,25H,2-4,7-8,11-14,18H2. The smallest absolute Gasteiger partial charge is 0.252 e. The summed E-state index contributed by atoms with van der Waals surface area (Å²) in [6.45, 7) is 2.82. The highest BCUT2D eigenvalue weighted by Crippen LogP contribution is 2.30. The van der Waals surface area contributed by atoms with Gasteiger partial charge in [-0.15, -0.1) is 0 Å². The molecule has 1 aromatic heterocycles. The molecule has 1 unspecified atom stereocenters. The SMILES string of the molecule is O=C1CCCN1CCCN(Cc1cc2ccc(F)cc2nc1-c1cccc(Cl)c1)C(=O)C1CCCO1. The first-order valence-electron chi connectivity index (χ1n) is 12.5. The topological polar surface area (TPSA) is 62.7 Å². The van der Waals surface area contributed by atoms with Gasteiger partial charge in [0.05, 0.1) is 11.2 Å². The van der Waals surface area contributed by atoms with Gasteiger partial charge in [0.1, 0.15) is 11.9 Å². The van der Waals surface area contributed by atoms with Gasteiger partial charge < -0.3 is 14.5 Å². The summed E-state index contributed by atoms with van der Waals surface area (Å²) in [5.74, 6) is -0.218. The van der Waals surface area contributed by atoms with Gasteiger partial charge in [-0.3, -0.25) is 9.59 Å². The number of aromatic nitrogens is 1. The van der Waals surface area contributed by atoms with Crippen LogP contribution in [0.1, 0.15) is 37.7 Å². The van der Waals surface area contributed by atoms with Gasteiger partial charge in [0.15, 0.2) is 0 Å². The van der Waals surface area contributed by atoms with Crippen LogP contribution >= 0.6 is 11.6 Å². The summed E-state index contributed by atoms with van der Waals surface area (Å²) in [5.41, 5.74) is 2.85. The minimum absolute atomic E-state index is 0.0449. The number of carbonyl (C=O) groups excluding carboxylic acids is 2. The van der Waals surface area contributed by atoms with E-state index in [2.05, 4.69) is 0 Å². The van der Waals surface area contributed by atoms with Gasteiger partial charge in [0, 0.05) is 61.2 Å². The third kappa shape index (κ3) is 5.52. The molecule has 6 nitrogen and oxygen atoms in total. The van der Waals surface area contributed by atoms with Gasteiger partial charge in [-0.2, -0.15) is 0 Å². The number of halogens is 2. The largest absolute Gasteiger partial charge is 0.368 e. The molecule has 2 saturated heterocycles. The van der Waals surface area contributed by atoms with Crippen molar-refractivity contribution in [3.8, 4) is 11.3 Å². The molecule has 3 aromatic rings. The Morgan fingerprint density at radius 2 is 2.08 bits per heavy atom. The van der Waals surface area contributed by atoms with E-state index >= 15 is 0 Å². The van der Waals surface area contributed by atoms with Crippen LogP contribution in [0.5, 0.6) is 0 Å². The van der Waals surface area contributed by atoms with Crippen molar-refractivity contribution in [2.45, 2.75) is 44.8 Å². The van der Waals surface area contributed by atoms with Crippen molar-refractivity contribution >= 4 is 34.3 Å². The van der Waals surface area contributed by atoms with E-state index in [0.717, 1.165) is 35.9 Å². The molecule has 2 amide bonds. The number of nitrogens with zero attached hydrogens (tertiary/aromatic N) is 3. The maximum Gasteiger partial charge on any atom is 0.252 e. The number of likely N-dealkylation sites (tertiary alicyclic amines) is 1. The zero-order valence-corrected chi connectivity index (χ0v) is 20.8. The summed E-state index contributed by atoms with van der Waals surface area (Å²) in [5, 5.41) is 1.37. The summed E-state index contributed by atoms with van der Waals surface area (Å²) in [6.07, 6.45) is 3.30. The van der Waals surface area contributed by atoms with Crippen molar-refractivity contribution < 1.29 is 18.7 Å². The van der Waals surface area contributed by atoms with E-state index in [-0.39, 0.29) is 17.6 Å². The highest BCUT2D eigenvalue weighted by atomic mass is 35.5. The molecule has 1 atom stereocenters. The summed E-state index contributed by atoms with van der Waals surface area (Å²) < 4.78 is 19.7. The monoisotopic (exact) mass is 509 g/mol. The van der Waals surface area contributed by atoms with Crippen LogP contribution in [-0.4, -0.2) is 58.9 Å². The number of amides is 2. The predicted octanol–water partition coefficient (Wildman–Crippen LogP) is 5.21. The molecule has 2 aliphatic heterocycles. The van der Waals surface area contributed by atoms with Crippen LogP contribution in [0.2, 0.25) is 5.02 Å². The highest BCUT2D eigenvalue weighted by Gasteiger charge is 2.29. The average Bonchev–Trinajstić information content (AvgIpc) is 3.55. The molecule has 2 aromatic carbocycles. The quantitative estimate of drug-likeness (QED) is 0.418. The second kappa shape index (κ2) is 10.9. The van der Waals surface area contributed by atoms with Crippen molar-refractivity contribution in [3.63, 3.8) is 0 Å². The van der Waals surface area contributed by atoms with E-state index in [1.807, 2.05) is 34.1 Å². The van der Waals surface area contributed by atoms with Crippen LogP contribution in [0.4, 0.5) is 4.39 Å². The lowest BCUT2D eigenvalue weighted by atomic mass is 10.0. The van der Waals surface area contributed by atoms with Crippen molar-refractivity contribution in [2.75, 3.05) is 26.2 Å². The van der Waals surface area contributed by atoms with E-state index in [9.17, 15) is 14.0 Å². The van der Waals surface area contributed by atoms with Crippen molar-refractivity contribution in [1.29, 1.82) is 0 Å². The molecule has 3 heterocycles. The number of pyridine rings is 1. The number of carbonyl (C=O) groups is 2. The first kappa shape index (κ1) is 24.7. The lowest BCUT2D eigenvalue weighted by Crippen LogP contribution is -2.40. The third-order valence-electron chi connectivity index (χ3n) is 6.86. The summed E-state index contributed by atoms with van der Waals surface area (Å²) >= 11 is 6.27. The first-order chi connectivity index (χ1) is 17.5. The fourth-order valence-electron chi connectivity index (χ4n) is 5.03. The molecule has 8 heteroatoms. The number of rotatable bonds is 8. The van der Waals surface area contributed by atoms with Crippen LogP contribution in [-0.2, 0) is 20.9 Å². The van der Waals surface area contributed by atoms with E-state index in [1.54, 1.807) is 12.1 Å². The number of hydrogen-bond donors (Lipinski definition) is 0. The fraction of sp³-hybridized carbons (Fsp3) is 0.393. The Kier molecular flexibility index (Phi) is 7.48. The number of fused-ring (bicyclic) bond motifs is 1. The molecular formula is C28H29ClFN3O3. The molecular weight excluding hydrogens is 481 g/mol. The number of hydrogen-bond acceptors (Lipinski definition) is 4. The fourth-order valence-corrected chi connectivity index (χ4v) is 5.22. The third-order valence-corrected chi connectivity index (χ3v) is 7.10. The van der Waals surface area contributed by atoms with E-state index < -0.39 is 6.10 Å². The Morgan fingerprint density at radius 1 is 1.19 bits per heavy atom. The van der Waals surface area contributed by atoms with Crippen LogP contribution in [0.15, 0.2) is 48.5 Å². The van der Waals surface area contributed by atoms with Crippen LogP contribution in [0, 0.1) is 5.82 Å². The van der Waals surface area contributed by atoms with Gasteiger partial charge >= 0.3 is 0 Å². The average molecular weight is 510 g/mol. The zero-order valence-electron chi connectivity index (χ0n) is 20.1. The van der Waals surface area contributed by atoms with Gasteiger partial charge in [-0.1, -0.05) is 23.7 Å². The lowest BCUT2D eigenvalue weighted by Gasteiger charge is -2.27. The number of benzene rings is 2. The van der Waals surface area contributed by atoms with Crippen LogP contribution in [0.3, 0.4) is 0 Å². The second-order valence-corrected chi connectivity index (χ2v) is 9.88. The predicted molar refractivity (Wildman–Crippen MR) is 137 cm³/mol. The molecule has 36 heavy (non-hydrogen) atoms. The Bertz CT molecular complexity index is 1280. The van der Waals surface area contributed by atoms with Crippen LogP contribution in [0.25, 0.3) is 22.2 Å². The summed E-state index contributed by atoms with van der Waals surface area (Å²) in [4.78, 5) is 34.0. The summed E-state index contributed by atoms with van der Waals surface area (Å²) in [7, 11) is 0. The van der Waals surface area contributed by atoms with Crippen molar-refractivity contribution in [3.05, 3.63) is 64.9 Å². The maximum atomic E-state index is 14.0. The molecule has 0 spiro atoms. The molecule has 0 bridgehead atoms. The highest BCUT2D eigenvalue weighted by molar-refractivity contribution is 6.30. The normalized spacial score (nSPS) is 17.8. The van der Waals surface area contributed by atoms with Gasteiger partial charge in [-0.25, -0.2) is 9.37 Å². The Morgan fingerprint density at radius 3 is 2.83 bits per heavy atom. The van der Waals surface area contributed by atoms with Crippen LogP contribution < -0.4 is 0 Å². The molecule has 0 N–H and O–H groups in total. The molecule has 5 rings (SSSR count). The Balaban J connectivity index is 1.47. The molecule has 188 valence electrons. The zero-order chi connectivity index (χ0) is 25.1. The first-order valence-corrected chi connectivity index (χ1v) is 12.9. The molecule has 2 fully saturated rings. The Labute approximate surface area is 215 Å². The second-order valence-electron chi connectivity index (χ2n) is 9.44. The van der Waals surface area contributed by atoms with Gasteiger partial charge in [-0.05, 0) is 61.6 Å². The Hall–Kier alpha value is -3.03. The number of ether oxygens (including phenoxy) is 1. The summed E-state index contributed by atoms with van der Waals surface area (Å²) in [6, 6.07) is 13.9. The van der Waals surface area contributed by atoms with Crippen molar-refractivity contribution in [1.82, 2.24) is 14.8 Å². The van der Waals surface area contributed by atoms with E-state index in [1.165, 1.54) is 12.1 Å². The molecule has 2 aliphatic rings. The minimum atomic E-state index is -0.449. The minimum Gasteiger partial charge on any atom is -0.368 e. The molecule has 0 saturated carbocycles. The van der Waals surface area contributed by atoms with E-state index in [0.29, 0.717) is 61.7 Å². The maximum absolute atomic E-state index is 14.0.